The Balaban J connectivity index is 2.02. The number of esters is 1. The minimum Gasteiger partial charge on any atom is -0.456 e. The molecule has 1 aromatic heterocycles. The second-order valence-corrected chi connectivity index (χ2v) is 5.71. The fourth-order valence-corrected chi connectivity index (χ4v) is 2.82. The smallest absolute Gasteiger partial charge is 0.374 e. The summed E-state index contributed by atoms with van der Waals surface area (Å²) in [6, 6.07) is 0. The Morgan fingerprint density at radius 1 is 1.50 bits per heavy atom. The second kappa shape index (κ2) is 5.55. The molecule has 0 amide bonds. The van der Waals surface area contributed by atoms with E-state index in [-0.39, 0.29) is 12.1 Å². The lowest BCUT2D eigenvalue weighted by Crippen LogP contribution is -2.36. The lowest BCUT2D eigenvalue weighted by molar-refractivity contribution is -0.0183. The van der Waals surface area contributed by atoms with Crippen LogP contribution in [0.15, 0.2) is 12.4 Å². The summed E-state index contributed by atoms with van der Waals surface area (Å²) < 4.78 is 5.65. The SMILES string of the molecule is CC1CCC(C(C)C)C(OC(=O)[13c]2ncc[nH]2)C1. The molecular weight excluding hydrogens is 229 g/mol. The van der Waals surface area contributed by atoms with Crippen LogP contribution in [0, 0.1) is 17.8 Å². The van der Waals surface area contributed by atoms with Gasteiger partial charge in [-0.05, 0) is 30.6 Å². The number of rotatable bonds is 3. The van der Waals surface area contributed by atoms with E-state index in [0.29, 0.717) is 23.6 Å². The van der Waals surface area contributed by atoms with Crippen molar-refractivity contribution in [3.63, 3.8) is 0 Å². The Kier molecular flexibility index (Phi) is 4.04. The number of ether oxygens (including phenoxy) is 1. The Bertz CT molecular complexity index is 387. The first kappa shape index (κ1) is 13.1. The maximum absolute atomic E-state index is 11.9. The molecule has 1 aromatic rings. The number of hydrogen-bond acceptors (Lipinski definition) is 3. The van der Waals surface area contributed by atoms with E-state index in [1.807, 2.05) is 0 Å². The molecule has 3 unspecified atom stereocenters. The van der Waals surface area contributed by atoms with Crippen LogP contribution < -0.4 is 0 Å². The topological polar surface area (TPSA) is 55.0 Å². The number of carbonyl (C=O) groups excluding carboxylic acids is 1. The number of aromatic nitrogens is 2. The van der Waals surface area contributed by atoms with Crippen molar-refractivity contribution >= 4 is 5.97 Å². The molecule has 100 valence electrons. The van der Waals surface area contributed by atoms with Crippen molar-refractivity contribution in [1.82, 2.24) is 9.97 Å². The first-order valence-electron chi connectivity index (χ1n) is 6.78. The highest BCUT2D eigenvalue weighted by Crippen LogP contribution is 2.35. The summed E-state index contributed by atoms with van der Waals surface area (Å²) in [6.07, 6.45) is 6.59. The highest BCUT2D eigenvalue weighted by Gasteiger charge is 2.33. The van der Waals surface area contributed by atoms with Gasteiger partial charge in [0.2, 0.25) is 5.82 Å². The molecule has 0 saturated heterocycles. The zero-order valence-corrected chi connectivity index (χ0v) is 11.3. The lowest BCUT2D eigenvalue weighted by Gasteiger charge is -2.36. The summed E-state index contributed by atoms with van der Waals surface area (Å²) >= 11 is 0. The summed E-state index contributed by atoms with van der Waals surface area (Å²) in [7, 11) is 0. The minimum absolute atomic E-state index is 0.0337. The molecule has 1 fully saturated rings. The van der Waals surface area contributed by atoms with Gasteiger partial charge in [-0.2, -0.15) is 0 Å². The van der Waals surface area contributed by atoms with Crippen molar-refractivity contribution in [2.75, 3.05) is 0 Å². The summed E-state index contributed by atoms with van der Waals surface area (Å²) in [5, 5.41) is 0. The van der Waals surface area contributed by atoms with E-state index in [0.717, 1.165) is 12.8 Å². The lowest BCUT2D eigenvalue weighted by atomic mass is 9.75. The number of nitrogens with one attached hydrogen (secondary N) is 1. The normalized spacial score (nSPS) is 28.3. The standard InChI is InChI=1S/C14H22N2O2/c1-9(2)11-5-4-10(3)8-12(11)18-14(17)13-15-6-7-16-13/h6-7,9-12H,4-5,8H2,1-3H3,(H,15,16)/i13+1. The van der Waals surface area contributed by atoms with Gasteiger partial charge in [0.15, 0.2) is 0 Å². The molecule has 1 heterocycles. The Hall–Kier alpha value is -1.32. The Morgan fingerprint density at radius 2 is 2.28 bits per heavy atom. The molecular formula is C14H22N2O2. The molecule has 1 aliphatic carbocycles. The van der Waals surface area contributed by atoms with Crippen molar-refractivity contribution in [2.45, 2.75) is 46.1 Å². The molecule has 0 aliphatic heterocycles. The van der Waals surface area contributed by atoms with E-state index in [1.54, 1.807) is 12.4 Å². The molecule has 2 rings (SSSR count). The average molecular weight is 251 g/mol. The number of nitrogens with zero attached hydrogens (tertiary/aromatic N) is 1. The van der Waals surface area contributed by atoms with Crippen LogP contribution in [0.5, 0.6) is 0 Å². The third kappa shape index (κ3) is 2.92. The van der Waals surface area contributed by atoms with E-state index in [2.05, 4.69) is 30.7 Å². The van der Waals surface area contributed by atoms with Gasteiger partial charge < -0.3 is 9.72 Å². The van der Waals surface area contributed by atoms with Crippen molar-refractivity contribution in [2.24, 2.45) is 17.8 Å². The van der Waals surface area contributed by atoms with E-state index in [1.165, 1.54) is 6.42 Å². The van der Waals surface area contributed by atoms with Gasteiger partial charge in [-0.1, -0.05) is 27.2 Å². The molecule has 0 aromatic carbocycles. The molecule has 0 bridgehead atoms. The van der Waals surface area contributed by atoms with E-state index >= 15 is 0 Å². The quantitative estimate of drug-likeness (QED) is 0.840. The average Bonchev–Trinajstić information content (AvgIpc) is 2.81. The zero-order valence-electron chi connectivity index (χ0n) is 11.3. The van der Waals surface area contributed by atoms with Crippen LogP contribution in [0.2, 0.25) is 0 Å². The van der Waals surface area contributed by atoms with Gasteiger partial charge >= 0.3 is 5.97 Å². The maximum Gasteiger partial charge on any atom is 0.374 e. The molecule has 18 heavy (non-hydrogen) atoms. The van der Waals surface area contributed by atoms with Crippen molar-refractivity contribution in [3.05, 3.63) is 18.2 Å². The molecule has 4 heteroatoms. The van der Waals surface area contributed by atoms with Gasteiger partial charge in [0.1, 0.15) is 6.10 Å². The minimum atomic E-state index is -0.329. The molecule has 1 N–H and O–H groups in total. The van der Waals surface area contributed by atoms with Crippen molar-refractivity contribution in [3.8, 4) is 0 Å². The van der Waals surface area contributed by atoms with Gasteiger partial charge in [-0.3, -0.25) is 0 Å². The molecule has 1 saturated carbocycles. The fourth-order valence-electron chi connectivity index (χ4n) is 2.82. The van der Waals surface area contributed by atoms with E-state index < -0.39 is 0 Å². The van der Waals surface area contributed by atoms with Crippen LogP contribution in [0.25, 0.3) is 0 Å². The van der Waals surface area contributed by atoms with E-state index in [9.17, 15) is 4.79 Å². The van der Waals surface area contributed by atoms with Crippen LogP contribution in [0.3, 0.4) is 0 Å². The van der Waals surface area contributed by atoms with Gasteiger partial charge in [-0.15, -0.1) is 0 Å². The van der Waals surface area contributed by atoms with Crippen LogP contribution in [-0.2, 0) is 4.74 Å². The van der Waals surface area contributed by atoms with Crippen LogP contribution in [-0.4, -0.2) is 22.0 Å². The summed E-state index contributed by atoms with van der Waals surface area (Å²) in [5.74, 6) is 1.63. The predicted molar refractivity (Wildman–Crippen MR) is 69.1 cm³/mol. The first-order chi connectivity index (χ1) is 8.58. The number of hydrogen-bond donors (Lipinski definition) is 1. The van der Waals surface area contributed by atoms with E-state index in [4.69, 9.17) is 4.74 Å². The molecule has 1 aliphatic rings. The van der Waals surface area contributed by atoms with Crippen molar-refractivity contribution < 1.29 is 9.53 Å². The monoisotopic (exact) mass is 251 g/mol. The van der Waals surface area contributed by atoms with Crippen LogP contribution >= 0.6 is 0 Å². The molecule has 0 radical (unpaired) electrons. The maximum atomic E-state index is 11.9. The summed E-state index contributed by atoms with van der Waals surface area (Å²) in [6.45, 7) is 6.63. The van der Waals surface area contributed by atoms with Crippen molar-refractivity contribution in [1.29, 1.82) is 0 Å². The zero-order chi connectivity index (χ0) is 13.1. The largest absolute Gasteiger partial charge is 0.456 e. The molecule has 3 atom stereocenters. The highest BCUT2D eigenvalue weighted by molar-refractivity contribution is 5.85. The first-order valence-corrected chi connectivity index (χ1v) is 6.78. The predicted octanol–water partition coefficient (Wildman–Crippen LogP) is 3.03. The Labute approximate surface area is 108 Å². The third-order valence-electron chi connectivity index (χ3n) is 3.91. The van der Waals surface area contributed by atoms with Gasteiger partial charge in [0.05, 0.1) is 0 Å². The number of aromatic amines is 1. The third-order valence-corrected chi connectivity index (χ3v) is 3.91. The van der Waals surface area contributed by atoms with Crippen LogP contribution in [0.1, 0.15) is 50.7 Å². The van der Waals surface area contributed by atoms with Gasteiger partial charge in [-0.25, -0.2) is 9.78 Å². The van der Waals surface area contributed by atoms with Crippen LogP contribution in [0.4, 0.5) is 0 Å². The summed E-state index contributed by atoms with van der Waals surface area (Å²) in [5.41, 5.74) is 0. The Morgan fingerprint density at radius 3 is 2.89 bits per heavy atom. The highest BCUT2D eigenvalue weighted by atomic mass is 16.6. The van der Waals surface area contributed by atoms with Gasteiger partial charge in [0.25, 0.3) is 0 Å². The number of H-pyrrole nitrogens is 1. The fraction of sp³-hybridized carbons (Fsp3) is 0.714. The number of imidazole rings is 1. The second-order valence-electron chi connectivity index (χ2n) is 5.71. The number of carbonyl (C=O) groups is 1. The molecule has 4 nitrogen and oxygen atoms in total. The van der Waals surface area contributed by atoms with Gasteiger partial charge in [0, 0.05) is 12.4 Å². The summed E-state index contributed by atoms with van der Waals surface area (Å²) in [4.78, 5) is 18.7. The molecule has 0 spiro atoms.